The summed E-state index contributed by atoms with van der Waals surface area (Å²) >= 11 is 12.8. The van der Waals surface area contributed by atoms with Crippen LogP contribution in [0, 0.1) is 23.7 Å². The molecular weight excluding hydrogens is 1530 g/mol. The summed E-state index contributed by atoms with van der Waals surface area (Å²) < 4.78 is 128. The van der Waals surface area contributed by atoms with Gasteiger partial charge in [-0.25, -0.2) is 26.3 Å². The standard InChI is InChI=1S/2C39H52ClN5O8S2/c2*1-42(2)55(51,52)45-20-18-43(19-21-45)37(47)16-12-31-7-3-4-8-35(46)32-13-9-29(32)24-44-25-39(17-5-6-27-22-30(40)11-14-33(27)39)26-53-36-15-10-28(23-34(36)44)38(48)41-54(31,49)50/h2*4,8,10-11,14-15,22-23,29,31-32,35,46H,3,5-7,9,12-13,16-21,24-26H2,1-2H3,(H,41,48)/b2*8-4+/t29-,31+,32+,35-,39-;29-,31-,32+,35-,39-/m00/s1. The average molecular weight is 1640 g/mol. The van der Waals surface area contributed by atoms with Crippen LogP contribution >= 0.6 is 23.2 Å². The van der Waals surface area contributed by atoms with Crippen LogP contribution in [0.2, 0.25) is 10.0 Å². The number of hydrogen-bond donors (Lipinski definition) is 4. The molecule has 110 heavy (non-hydrogen) atoms. The van der Waals surface area contributed by atoms with Gasteiger partial charge in [0.25, 0.3) is 32.2 Å². The number of sulfonamides is 2. The maximum atomic E-state index is 13.9. The second-order valence-electron chi connectivity index (χ2n) is 32.0. The van der Waals surface area contributed by atoms with Gasteiger partial charge in [0.2, 0.25) is 31.9 Å². The molecule has 4 aliphatic carbocycles. The summed E-state index contributed by atoms with van der Waals surface area (Å²) in [6.45, 7) is 4.81. The molecule has 32 heteroatoms. The van der Waals surface area contributed by atoms with Gasteiger partial charge in [-0.05, 0) is 209 Å². The Balaban J connectivity index is 0.000000193. The molecule has 4 fully saturated rings. The molecule has 6 heterocycles. The number of nitrogens with one attached hydrogen (secondary N) is 2. The third-order valence-corrected chi connectivity index (χ3v) is 32.8. The molecule has 0 unspecified atom stereocenters. The molecule has 26 nitrogen and oxygen atoms in total. The number of aryl methyl sites for hydroxylation is 2. The Bertz CT molecular complexity index is 4370. The van der Waals surface area contributed by atoms with E-state index in [0.717, 1.165) is 72.8 Å². The molecule has 2 spiro atoms. The fourth-order valence-corrected chi connectivity index (χ4v) is 23.5. The minimum atomic E-state index is -4.25. The second-order valence-corrected chi connectivity index (χ2v) is 41.1. The van der Waals surface area contributed by atoms with Crippen LogP contribution in [0.25, 0.3) is 0 Å². The van der Waals surface area contributed by atoms with Crippen LogP contribution < -0.4 is 28.7 Å². The normalized spacial score (nSPS) is 29.3. The van der Waals surface area contributed by atoms with E-state index in [1.54, 1.807) is 58.4 Å². The maximum Gasteiger partial charge on any atom is 0.281 e. The Kier molecular flexibility index (Phi) is 24.9. The highest BCUT2D eigenvalue weighted by molar-refractivity contribution is 7.91. The largest absolute Gasteiger partial charge is 0.490 e. The summed E-state index contributed by atoms with van der Waals surface area (Å²) in [4.78, 5) is 61.9. The number of hydrogen-bond acceptors (Lipinski definition) is 18. The molecule has 14 rings (SSSR count). The fourth-order valence-electron chi connectivity index (χ4n) is 18.1. The number of ether oxygens (including phenoxy) is 2. The van der Waals surface area contributed by atoms with Crippen molar-refractivity contribution in [2.45, 2.75) is 149 Å². The molecule has 0 aromatic heterocycles. The number of halogens is 2. The highest BCUT2D eigenvalue weighted by Crippen LogP contribution is 2.50. The summed E-state index contributed by atoms with van der Waals surface area (Å²) in [7, 11) is -9.88. The van der Waals surface area contributed by atoms with Crippen molar-refractivity contribution in [3.63, 3.8) is 0 Å². The van der Waals surface area contributed by atoms with Crippen molar-refractivity contribution in [2.75, 3.05) is 130 Å². The van der Waals surface area contributed by atoms with E-state index in [1.807, 2.05) is 36.4 Å². The van der Waals surface area contributed by atoms with E-state index in [9.17, 15) is 63.1 Å². The fraction of sp³-hybridized carbons (Fsp3) is 0.590. The van der Waals surface area contributed by atoms with E-state index >= 15 is 0 Å². The third kappa shape index (κ3) is 17.6. The smallest absolute Gasteiger partial charge is 0.281 e. The van der Waals surface area contributed by atoms with E-state index in [4.69, 9.17) is 32.7 Å². The number of carbonyl (C=O) groups is 4. The first-order valence-corrected chi connectivity index (χ1v) is 45.3. The topological polar surface area (TPSA) is 314 Å². The minimum Gasteiger partial charge on any atom is -0.490 e. The Labute approximate surface area is 657 Å². The van der Waals surface area contributed by atoms with Crippen LogP contribution in [0.15, 0.2) is 97.1 Å². The lowest BCUT2D eigenvalue weighted by Gasteiger charge is -2.45. The maximum absolute atomic E-state index is 13.9. The molecule has 4 aromatic carbocycles. The van der Waals surface area contributed by atoms with Crippen molar-refractivity contribution in [3.05, 3.63) is 141 Å². The number of benzene rings is 4. The molecule has 4 amide bonds. The van der Waals surface area contributed by atoms with Crippen LogP contribution in [0.3, 0.4) is 0 Å². The predicted octanol–water partition coefficient (Wildman–Crippen LogP) is 7.42. The zero-order valence-corrected chi connectivity index (χ0v) is 67.8. The number of anilines is 2. The van der Waals surface area contributed by atoms with Gasteiger partial charge in [0, 0.05) is 152 Å². The van der Waals surface area contributed by atoms with Crippen molar-refractivity contribution in [1.29, 1.82) is 0 Å². The van der Waals surface area contributed by atoms with Gasteiger partial charge in [-0.2, -0.15) is 34.1 Å². The number of amides is 4. The van der Waals surface area contributed by atoms with Gasteiger partial charge >= 0.3 is 0 Å². The van der Waals surface area contributed by atoms with E-state index in [0.29, 0.717) is 85.2 Å². The monoisotopic (exact) mass is 1630 g/mol. The molecule has 4 aromatic rings. The first-order valence-electron chi connectivity index (χ1n) is 38.7. The quantitative estimate of drug-likeness (QED) is 0.112. The van der Waals surface area contributed by atoms with Crippen LogP contribution in [0.4, 0.5) is 11.4 Å². The lowest BCUT2D eigenvalue weighted by molar-refractivity contribution is -0.133. The zero-order chi connectivity index (χ0) is 78.2. The van der Waals surface area contributed by atoms with Gasteiger partial charge in [-0.3, -0.25) is 19.2 Å². The first-order chi connectivity index (χ1) is 52.3. The molecule has 2 saturated carbocycles. The summed E-state index contributed by atoms with van der Waals surface area (Å²) in [5, 5.41) is 21.9. The summed E-state index contributed by atoms with van der Waals surface area (Å²) in [5.41, 5.74) is 5.98. The van der Waals surface area contributed by atoms with Crippen molar-refractivity contribution in [2.24, 2.45) is 23.7 Å². The molecule has 6 aliphatic heterocycles. The summed E-state index contributed by atoms with van der Waals surface area (Å²) in [5.74, 6) is -0.367. The van der Waals surface area contributed by atoms with Crippen LogP contribution in [-0.4, -0.2) is 237 Å². The molecule has 0 radical (unpaired) electrons. The first kappa shape index (κ1) is 81.6. The number of piperazine rings is 2. The van der Waals surface area contributed by atoms with Crippen LogP contribution in [0.5, 0.6) is 11.5 Å². The number of carbonyl (C=O) groups excluding carboxylic acids is 4. The molecular formula is C78H104Cl2N10O16S4. The highest BCUT2D eigenvalue weighted by Gasteiger charge is 2.48. The molecule has 4 N–H and O–H groups in total. The number of aliphatic hydroxyl groups is 2. The highest BCUT2D eigenvalue weighted by atomic mass is 35.5. The van der Waals surface area contributed by atoms with E-state index in [1.165, 1.54) is 59.1 Å². The van der Waals surface area contributed by atoms with E-state index in [2.05, 4.69) is 31.4 Å². The summed E-state index contributed by atoms with van der Waals surface area (Å²) in [6.07, 6.45) is 15.8. The van der Waals surface area contributed by atoms with Crippen molar-refractivity contribution in [1.82, 2.24) is 36.5 Å². The number of allylic oxidation sites excluding steroid dienone is 2. The van der Waals surface area contributed by atoms with Crippen molar-refractivity contribution < 1.29 is 72.5 Å². The van der Waals surface area contributed by atoms with Crippen LogP contribution in [0.1, 0.15) is 146 Å². The SMILES string of the molecule is CN(C)S(=O)(=O)N1CCN(C(=O)CC[C@@H]2CC/C=C/[C@H](O)[C@@H]3CC[C@H]3CN3C[C@@]4(CCCc5cc(Cl)ccc54)COc4ccc(cc43)C(=O)NS2(=O)=O)CC1.CN(C)S(=O)(=O)N1CCN(C(=O)CC[C@H]2CC/C=C/[C@H](O)[C@@H]3CC[C@H]3CN3C[C@@]4(CCCc5cc(Cl)ccc54)COc4ccc(cc43)C(=O)NS2(=O)=O)CC1. The van der Waals surface area contributed by atoms with Gasteiger partial charge in [-0.1, -0.05) is 59.6 Å². The molecule has 600 valence electrons. The number of aliphatic hydroxyl groups excluding tert-OH is 2. The Morgan fingerprint density at radius 1 is 0.545 bits per heavy atom. The van der Waals surface area contributed by atoms with E-state index < -0.39 is 75.0 Å². The number of rotatable bonds is 10. The van der Waals surface area contributed by atoms with Gasteiger partial charge in [0.05, 0.1) is 47.3 Å². The Morgan fingerprint density at radius 3 is 1.30 bits per heavy atom. The van der Waals surface area contributed by atoms with Gasteiger partial charge in [-0.15, -0.1) is 0 Å². The summed E-state index contributed by atoms with van der Waals surface area (Å²) in [6, 6.07) is 22.3. The van der Waals surface area contributed by atoms with Crippen molar-refractivity contribution >= 4 is 98.7 Å². The van der Waals surface area contributed by atoms with Crippen LogP contribution in [-0.2, 0) is 73.7 Å². The molecule has 10 atom stereocenters. The van der Waals surface area contributed by atoms with Crippen molar-refractivity contribution in [3.8, 4) is 11.5 Å². The van der Waals surface area contributed by atoms with Gasteiger partial charge < -0.3 is 39.3 Å². The lowest BCUT2D eigenvalue weighted by Crippen LogP contribution is -2.53. The second kappa shape index (κ2) is 33.6. The molecule has 2 saturated heterocycles. The van der Waals surface area contributed by atoms with E-state index in [-0.39, 0.29) is 148 Å². The minimum absolute atomic E-state index is 0.0284. The Hall–Kier alpha value is -6.42. The van der Waals surface area contributed by atoms with Gasteiger partial charge in [0.15, 0.2) is 0 Å². The predicted molar refractivity (Wildman–Crippen MR) is 422 cm³/mol. The van der Waals surface area contributed by atoms with Gasteiger partial charge in [0.1, 0.15) is 11.5 Å². The Morgan fingerprint density at radius 2 is 0.936 bits per heavy atom. The number of fused-ring (bicyclic) bond motifs is 8. The number of nitrogens with zero attached hydrogens (tertiary/aromatic N) is 8. The molecule has 4 bridgehead atoms. The molecule has 10 aliphatic rings. The lowest BCUT2D eigenvalue weighted by atomic mass is 9.68. The average Bonchev–Trinajstić information content (AvgIpc) is 1.47. The zero-order valence-electron chi connectivity index (χ0n) is 63.1. The third-order valence-electron chi connectivity index (χ3n) is 24.8.